The van der Waals surface area contributed by atoms with Crippen LogP contribution in [0.5, 0.6) is 0 Å². The van der Waals surface area contributed by atoms with Crippen molar-refractivity contribution in [3.05, 3.63) is 69.0 Å². The lowest BCUT2D eigenvalue weighted by Gasteiger charge is -2.14. The first kappa shape index (κ1) is 23.5. The van der Waals surface area contributed by atoms with E-state index in [0.717, 1.165) is 29.5 Å². The molecule has 0 aromatic heterocycles. The number of fused-ring (bicyclic) bond motifs is 1. The predicted octanol–water partition coefficient (Wildman–Crippen LogP) is 3.31. The van der Waals surface area contributed by atoms with E-state index >= 15 is 0 Å². The van der Waals surface area contributed by atoms with Crippen LogP contribution in [-0.4, -0.2) is 46.2 Å². The Morgan fingerprint density at radius 3 is 2.52 bits per heavy atom. The van der Waals surface area contributed by atoms with E-state index in [2.05, 4.69) is 5.32 Å². The summed E-state index contributed by atoms with van der Waals surface area (Å²) in [6.45, 7) is 3.49. The first-order chi connectivity index (χ1) is 15.6. The van der Waals surface area contributed by atoms with Crippen molar-refractivity contribution < 1.29 is 33.2 Å². The summed E-state index contributed by atoms with van der Waals surface area (Å²) in [6.07, 6.45) is 0.147. The van der Waals surface area contributed by atoms with Gasteiger partial charge in [-0.1, -0.05) is 13.3 Å². The van der Waals surface area contributed by atoms with Crippen molar-refractivity contribution >= 4 is 35.1 Å². The molecule has 172 valence electrons. The van der Waals surface area contributed by atoms with E-state index in [1.165, 1.54) is 25.1 Å². The fourth-order valence-electron chi connectivity index (χ4n) is 3.19. The summed E-state index contributed by atoms with van der Waals surface area (Å²) < 4.78 is 18.6. The molecule has 1 heterocycles. The van der Waals surface area contributed by atoms with Crippen LogP contribution in [0.4, 0.5) is 15.8 Å². The predicted molar refractivity (Wildman–Crippen MR) is 113 cm³/mol. The molecule has 3 rings (SSSR count). The van der Waals surface area contributed by atoms with E-state index in [9.17, 15) is 33.7 Å². The average molecular weight is 457 g/mol. The molecule has 0 spiro atoms. The maximum Gasteiger partial charge on any atom is 0.338 e. The van der Waals surface area contributed by atoms with Crippen LogP contribution in [0.2, 0.25) is 0 Å². The summed E-state index contributed by atoms with van der Waals surface area (Å²) in [5.74, 6) is -3.69. The number of amides is 3. The molecule has 0 bridgehead atoms. The number of anilines is 1. The Kier molecular flexibility index (Phi) is 6.80. The summed E-state index contributed by atoms with van der Waals surface area (Å²) in [5.41, 5.74) is -0.616. The average Bonchev–Trinajstić information content (AvgIpc) is 3.02. The van der Waals surface area contributed by atoms with Gasteiger partial charge in [-0.2, -0.15) is 4.39 Å². The van der Waals surface area contributed by atoms with Crippen LogP contribution in [-0.2, 0) is 9.53 Å². The van der Waals surface area contributed by atoms with Gasteiger partial charge >= 0.3 is 11.7 Å². The number of nitrogens with one attached hydrogen (secondary N) is 1. The van der Waals surface area contributed by atoms with Crippen LogP contribution in [0.15, 0.2) is 36.4 Å². The molecule has 1 atom stereocenters. The number of halogens is 1. The Morgan fingerprint density at radius 1 is 1.15 bits per heavy atom. The van der Waals surface area contributed by atoms with Crippen LogP contribution in [0.1, 0.15) is 57.8 Å². The monoisotopic (exact) mass is 457 g/mol. The number of hydrogen-bond donors (Lipinski definition) is 1. The highest BCUT2D eigenvalue weighted by atomic mass is 19.1. The Bertz CT molecular complexity index is 1160. The number of hydrogen-bond acceptors (Lipinski definition) is 7. The van der Waals surface area contributed by atoms with Crippen molar-refractivity contribution in [2.75, 3.05) is 11.9 Å². The number of ether oxygens (including phenoxy) is 1. The van der Waals surface area contributed by atoms with Crippen LogP contribution in [0.3, 0.4) is 0 Å². The smallest absolute Gasteiger partial charge is 0.338 e. The summed E-state index contributed by atoms with van der Waals surface area (Å²) in [7, 11) is 0. The molecule has 0 fully saturated rings. The second-order valence-electron chi connectivity index (χ2n) is 7.34. The molecule has 2 aromatic rings. The van der Waals surface area contributed by atoms with Crippen LogP contribution < -0.4 is 5.32 Å². The van der Waals surface area contributed by atoms with Crippen molar-refractivity contribution in [1.29, 1.82) is 0 Å². The summed E-state index contributed by atoms with van der Waals surface area (Å²) in [5, 5.41) is 13.1. The summed E-state index contributed by atoms with van der Waals surface area (Å²) >= 11 is 0. The topological polar surface area (TPSA) is 136 Å². The lowest BCUT2D eigenvalue weighted by atomic mass is 10.1. The quantitative estimate of drug-likeness (QED) is 0.278. The van der Waals surface area contributed by atoms with Gasteiger partial charge in [0.25, 0.3) is 17.7 Å². The number of nitro benzene ring substituents is 1. The first-order valence-electron chi connectivity index (χ1n) is 10.1. The van der Waals surface area contributed by atoms with Crippen molar-refractivity contribution in [3.63, 3.8) is 0 Å². The molecule has 1 N–H and O–H groups in total. The zero-order valence-electron chi connectivity index (χ0n) is 17.8. The second kappa shape index (κ2) is 9.55. The van der Waals surface area contributed by atoms with Gasteiger partial charge in [0.1, 0.15) is 0 Å². The molecule has 2 aromatic carbocycles. The SMILES string of the molecule is CCCCN1C(=O)c2ccc(C(=O)OC(C)C(=O)Nc3ccc(F)c([N+](=O)[O-])c3)cc2C1=O. The van der Waals surface area contributed by atoms with Crippen molar-refractivity contribution in [2.24, 2.45) is 0 Å². The zero-order chi connectivity index (χ0) is 24.3. The van der Waals surface area contributed by atoms with Gasteiger partial charge in [-0.3, -0.25) is 29.4 Å². The molecule has 10 nitrogen and oxygen atoms in total. The van der Waals surface area contributed by atoms with Gasteiger partial charge in [-0.05, 0) is 43.7 Å². The highest BCUT2D eigenvalue weighted by Gasteiger charge is 2.35. The van der Waals surface area contributed by atoms with E-state index in [-0.39, 0.29) is 28.9 Å². The van der Waals surface area contributed by atoms with Crippen LogP contribution in [0.25, 0.3) is 0 Å². The fraction of sp³-hybridized carbons (Fsp3) is 0.273. The van der Waals surface area contributed by atoms with Crippen LogP contribution >= 0.6 is 0 Å². The normalized spacial score (nSPS) is 13.5. The maximum atomic E-state index is 13.4. The van der Waals surface area contributed by atoms with E-state index in [4.69, 9.17) is 4.74 Å². The number of esters is 1. The number of benzene rings is 2. The molecular weight excluding hydrogens is 437 g/mol. The third-order valence-corrected chi connectivity index (χ3v) is 5.01. The minimum Gasteiger partial charge on any atom is -0.449 e. The molecule has 0 saturated carbocycles. The van der Waals surface area contributed by atoms with E-state index in [1.807, 2.05) is 6.92 Å². The van der Waals surface area contributed by atoms with Gasteiger partial charge in [-0.25, -0.2) is 4.79 Å². The minimum absolute atomic E-state index is 0.0238. The number of carbonyl (C=O) groups excluding carboxylic acids is 4. The standard InChI is InChI=1S/C22H20FN3O7/c1-3-4-9-25-20(28)15-7-5-13(10-16(15)21(25)29)22(30)33-12(2)19(27)24-14-6-8-17(23)18(11-14)26(31)32/h5-8,10-12H,3-4,9H2,1-2H3,(H,24,27). The van der Waals surface area contributed by atoms with Crippen LogP contribution in [0, 0.1) is 15.9 Å². The van der Waals surface area contributed by atoms with Gasteiger partial charge in [0, 0.05) is 18.3 Å². The molecule has 0 saturated heterocycles. The minimum atomic E-state index is -1.31. The third kappa shape index (κ3) is 4.86. The zero-order valence-corrected chi connectivity index (χ0v) is 17.8. The number of carbonyl (C=O) groups is 4. The lowest BCUT2D eigenvalue weighted by molar-refractivity contribution is -0.387. The fourth-order valence-corrected chi connectivity index (χ4v) is 3.19. The Hall–Kier alpha value is -4.15. The maximum absolute atomic E-state index is 13.4. The molecule has 3 amide bonds. The van der Waals surface area contributed by atoms with E-state index < -0.39 is 46.2 Å². The molecule has 0 aliphatic carbocycles. The number of nitrogens with zero attached hydrogens (tertiary/aromatic N) is 2. The Balaban J connectivity index is 1.68. The molecule has 1 aliphatic rings. The first-order valence-corrected chi connectivity index (χ1v) is 10.1. The highest BCUT2D eigenvalue weighted by Crippen LogP contribution is 2.25. The molecular formula is C22H20FN3O7. The van der Waals surface area contributed by atoms with Gasteiger partial charge < -0.3 is 10.1 Å². The van der Waals surface area contributed by atoms with Crippen molar-refractivity contribution in [2.45, 2.75) is 32.8 Å². The largest absolute Gasteiger partial charge is 0.449 e. The van der Waals surface area contributed by atoms with Crippen molar-refractivity contribution in [1.82, 2.24) is 4.90 Å². The number of nitro groups is 1. The molecule has 11 heteroatoms. The highest BCUT2D eigenvalue weighted by molar-refractivity contribution is 6.22. The number of unbranched alkanes of at least 4 members (excludes halogenated alkanes) is 1. The van der Waals surface area contributed by atoms with Gasteiger partial charge in [0.05, 0.1) is 21.6 Å². The third-order valence-electron chi connectivity index (χ3n) is 5.01. The Labute approximate surface area is 187 Å². The van der Waals surface area contributed by atoms with Gasteiger partial charge in [-0.15, -0.1) is 0 Å². The Morgan fingerprint density at radius 2 is 1.85 bits per heavy atom. The number of rotatable bonds is 8. The molecule has 0 radical (unpaired) electrons. The van der Waals surface area contributed by atoms with E-state index in [0.29, 0.717) is 6.42 Å². The lowest BCUT2D eigenvalue weighted by Crippen LogP contribution is -2.30. The molecule has 33 heavy (non-hydrogen) atoms. The van der Waals surface area contributed by atoms with Gasteiger partial charge in [0.15, 0.2) is 6.10 Å². The summed E-state index contributed by atoms with van der Waals surface area (Å²) in [4.78, 5) is 60.8. The van der Waals surface area contributed by atoms with Crippen molar-refractivity contribution in [3.8, 4) is 0 Å². The second-order valence-corrected chi connectivity index (χ2v) is 7.34. The van der Waals surface area contributed by atoms with E-state index in [1.54, 1.807) is 0 Å². The molecule has 1 aliphatic heterocycles. The number of imide groups is 1. The summed E-state index contributed by atoms with van der Waals surface area (Å²) in [6, 6.07) is 6.73. The molecule has 1 unspecified atom stereocenters. The van der Waals surface area contributed by atoms with Gasteiger partial charge in [0.2, 0.25) is 5.82 Å².